The van der Waals surface area contributed by atoms with Gasteiger partial charge in [-0.15, -0.1) is 0 Å². The maximum Gasteiger partial charge on any atom is 0.271 e. The Bertz CT molecular complexity index is 923. The zero-order chi connectivity index (χ0) is 16.8. The number of hydrogen-bond donors (Lipinski definition) is 1. The third kappa shape index (κ3) is 2.21. The van der Waals surface area contributed by atoms with Crippen molar-refractivity contribution in [2.75, 3.05) is 6.54 Å². The molecule has 4 rings (SSSR count). The first-order valence-corrected chi connectivity index (χ1v) is 8.31. The van der Waals surface area contributed by atoms with Gasteiger partial charge in [0.2, 0.25) is 0 Å². The van der Waals surface area contributed by atoms with E-state index in [0.29, 0.717) is 5.82 Å². The van der Waals surface area contributed by atoms with Gasteiger partial charge in [-0.3, -0.25) is 9.89 Å². The van der Waals surface area contributed by atoms with E-state index < -0.39 is 0 Å². The van der Waals surface area contributed by atoms with Gasteiger partial charge in [0.1, 0.15) is 11.5 Å². The second-order valence-corrected chi connectivity index (χ2v) is 6.53. The van der Waals surface area contributed by atoms with Crippen molar-refractivity contribution in [2.45, 2.75) is 32.7 Å². The second kappa shape index (κ2) is 5.47. The van der Waals surface area contributed by atoms with E-state index >= 15 is 0 Å². The van der Waals surface area contributed by atoms with Crippen LogP contribution in [0.3, 0.4) is 0 Å². The summed E-state index contributed by atoms with van der Waals surface area (Å²) >= 11 is 0. The van der Waals surface area contributed by atoms with Gasteiger partial charge in [-0.05, 0) is 44.4 Å². The number of carbonyl (C=O) groups is 1. The summed E-state index contributed by atoms with van der Waals surface area (Å²) < 4.78 is 1.99. The van der Waals surface area contributed by atoms with Crippen LogP contribution in [0.1, 0.15) is 46.6 Å². The van der Waals surface area contributed by atoms with Crippen molar-refractivity contribution >= 4 is 16.8 Å². The molecule has 1 saturated heterocycles. The van der Waals surface area contributed by atoms with E-state index in [1.54, 1.807) is 0 Å². The third-order valence-electron chi connectivity index (χ3n) is 4.95. The lowest BCUT2D eigenvalue weighted by Gasteiger charge is -2.22. The molecular formula is C18H21N5O. The molecule has 0 unspecified atom stereocenters. The van der Waals surface area contributed by atoms with Crippen molar-refractivity contribution in [1.29, 1.82) is 0 Å². The molecule has 0 radical (unpaired) electrons. The number of aromatic amines is 1. The minimum atomic E-state index is -0.0402. The maximum absolute atomic E-state index is 13.2. The van der Waals surface area contributed by atoms with Crippen molar-refractivity contribution in [2.24, 2.45) is 7.05 Å². The Balaban J connectivity index is 1.73. The predicted octanol–water partition coefficient (Wildman–Crippen LogP) is 2.89. The summed E-state index contributed by atoms with van der Waals surface area (Å²) in [5, 5.41) is 8.28. The number of nitrogens with zero attached hydrogens (tertiary/aromatic N) is 4. The molecule has 0 spiro atoms. The van der Waals surface area contributed by atoms with Crippen LogP contribution in [0, 0.1) is 13.8 Å². The molecule has 6 nitrogen and oxygen atoms in total. The fraction of sp³-hybridized carbons (Fsp3) is 0.389. The van der Waals surface area contributed by atoms with Crippen LogP contribution in [0.25, 0.3) is 10.9 Å². The van der Waals surface area contributed by atoms with E-state index in [1.165, 1.54) is 5.56 Å². The van der Waals surface area contributed by atoms with E-state index in [4.69, 9.17) is 0 Å². The molecule has 0 saturated carbocycles. The summed E-state index contributed by atoms with van der Waals surface area (Å²) in [5.74, 6) is 1.55. The minimum absolute atomic E-state index is 0.0402. The summed E-state index contributed by atoms with van der Waals surface area (Å²) in [6.45, 7) is 4.70. The molecule has 6 heteroatoms. The van der Waals surface area contributed by atoms with E-state index in [-0.39, 0.29) is 11.9 Å². The number of hydrogen-bond acceptors (Lipinski definition) is 3. The van der Waals surface area contributed by atoms with Gasteiger partial charge in [0, 0.05) is 24.5 Å². The molecule has 2 aromatic heterocycles. The standard InChI is InChI=1S/C18H21N5O/c1-11-6-4-7-14-13(11)10-16(22(14)3)18(24)23-9-5-8-15(23)17-19-12(2)20-21-17/h4,6-7,10,15H,5,8-9H2,1-3H3,(H,19,20,21)/t15-/m0/s1. The van der Waals surface area contributed by atoms with Gasteiger partial charge in [0.05, 0.1) is 6.04 Å². The molecule has 1 atom stereocenters. The average Bonchev–Trinajstić information content (AvgIpc) is 3.26. The van der Waals surface area contributed by atoms with E-state index in [9.17, 15) is 4.79 Å². The van der Waals surface area contributed by atoms with Gasteiger partial charge in [-0.2, -0.15) is 5.10 Å². The number of benzene rings is 1. The molecule has 0 aliphatic carbocycles. The van der Waals surface area contributed by atoms with Crippen molar-refractivity contribution in [3.05, 3.63) is 47.2 Å². The van der Waals surface area contributed by atoms with Crippen LogP contribution in [0.5, 0.6) is 0 Å². The van der Waals surface area contributed by atoms with Gasteiger partial charge in [0.25, 0.3) is 5.91 Å². The van der Waals surface area contributed by atoms with Crippen LogP contribution in [0.15, 0.2) is 24.3 Å². The number of amides is 1. The summed E-state index contributed by atoms with van der Waals surface area (Å²) in [4.78, 5) is 19.5. The lowest BCUT2D eigenvalue weighted by molar-refractivity contribution is 0.0721. The van der Waals surface area contributed by atoms with Gasteiger partial charge in [-0.1, -0.05) is 12.1 Å². The van der Waals surface area contributed by atoms with E-state index in [1.807, 2.05) is 35.6 Å². The van der Waals surface area contributed by atoms with Gasteiger partial charge < -0.3 is 9.47 Å². The highest BCUT2D eigenvalue weighted by molar-refractivity contribution is 5.99. The summed E-state index contributed by atoms with van der Waals surface area (Å²) in [7, 11) is 1.96. The monoisotopic (exact) mass is 323 g/mol. The second-order valence-electron chi connectivity index (χ2n) is 6.53. The molecule has 1 aliphatic rings. The Morgan fingerprint density at radius 3 is 2.88 bits per heavy atom. The first-order chi connectivity index (χ1) is 11.6. The topological polar surface area (TPSA) is 66.8 Å². The number of nitrogens with one attached hydrogen (secondary N) is 1. The molecule has 0 bridgehead atoms. The van der Waals surface area contributed by atoms with Crippen LogP contribution < -0.4 is 0 Å². The van der Waals surface area contributed by atoms with Crippen LogP contribution in [-0.4, -0.2) is 37.1 Å². The summed E-state index contributed by atoms with van der Waals surface area (Å²) in [6.07, 6.45) is 1.89. The van der Waals surface area contributed by atoms with Gasteiger partial charge in [-0.25, -0.2) is 4.98 Å². The van der Waals surface area contributed by atoms with Gasteiger partial charge in [0.15, 0.2) is 5.82 Å². The summed E-state index contributed by atoms with van der Waals surface area (Å²) in [6, 6.07) is 8.12. The molecule has 1 aliphatic heterocycles. The smallest absolute Gasteiger partial charge is 0.271 e. The molecule has 1 aromatic carbocycles. The number of likely N-dealkylation sites (tertiary alicyclic amines) is 1. The van der Waals surface area contributed by atoms with Crippen molar-refractivity contribution < 1.29 is 4.79 Å². The number of fused-ring (bicyclic) bond motifs is 1. The first kappa shape index (κ1) is 14.9. The Kier molecular flexibility index (Phi) is 3.40. The fourth-order valence-corrected chi connectivity index (χ4v) is 3.65. The highest BCUT2D eigenvalue weighted by Crippen LogP contribution is 2.32. The lowest BCUT2D eigenvalue weighted by atomic mass is 10.1. The summed E-state index contributed by atoms with van der Waals surface area (Å²) in [5.41, 5.74) is 2.99. The third-order valence-corrected chi connectivity index (χ3v) is 4.95. The first-order valence-electron chi connectivity index (χ1n) is 8.31. The van der Waals surface area contributed by atoms with Crippen molar-refractivity contribution in [1.82, 2.24) is 24.6 Å². The molecule has 3 heterocycles. The zero-order valence-corrected chi connectivity index (χ0v) is 14.2. The molecule has 1 amide bonds. The lowest BCUT2D eigenvalue weighted by Crippen LogP contribution is -2.32. The largest absolute Gasteiger partial charge is 0.340 e. The van der Waals surface area contributed by atoms with Crippen molar-refractivity contribution in [3.63, 3.8) is 0 Å². The number of rotatable bonds is 2. The van der Waals surface area contributed by atoms with Crippen LogP contribution >= 0.6 is 0 Å². The quantitative estimate of drug-likeness (QED) is 0.788. The van der Waals surface area contributed by atoms with Crippen molar-refractivity contribution in [3.8, 4) is 0 Å². The van der Waals surface area contributed by atoms with E-state index in [2.05, 4.69) is 34.2 Å². The van der Waals surface area contributed by atoms with Crippen LogP contribution in [-0.2, 0) is 7.05 Å². The number of H-pyrrole nitrogens is 1. The zero-order valence-electron chi connectivity index (χ0n) is 14.2. The minimum Gasteiger partial charge on any atom is -0.340 e. The Morgan fingerprint density at radius 1 is 1.33 bits per heavy atom. The van der Waals surface area contributed by atoms with Gasteiger partial charge >= 0.3 is 0 Å². The number of carbonyl (C=O) groups excluding carboxylic acids is 1. The Labute approximate surface area is 140 Å². The Morgan fingerprint density at radius 2 is 2.17 bits per heavy atom. The predicted molar refractivity (Wildman–Crippen MR) is 91.8 cm³/mol. The highest BCUT2D eigenvalue weighted by atomic mass is 16.2. The van der Waals surface area contributed by atoms with E-state index in [0.717, 1.165) is 41.8 Å². The maximum atomic E-state index is 13.2. The highest BCUT2D eigenvalue weighted by Gasteiger charge is 2.34. The molecular weight excluding hydrogens is 302 g/mol. The molecule has 24 heavy (non-hydrogen) atoms. The Hall–Kier alpha value is -2.63. The van der Waals surface area contributed by atoms with Crippen LogP contribution in [0.2, 0.25) is 0 Å². The average molecular weight is 323 g/mol. The number of aromatic nitrogens is 4. The molecule has 1 N–H and O–H groups in total. The molecule has 124 valence electrons. The van der Waals surface area contributed by atoms with Crippen LogP contribution in [0.4, 0.5) is 0 Å². The fourth-order valence-electron chi connectivity index (χ4n) is 3.65. The molecule has 3 aromatic rings. The molecule has 1 fully saturated rings. The SMILES string of the molecule is Cc1nc([C@@H]2CCCN2C(=O)c2cc3c(C)cccc3n2C)n[nH]1. The normalized spacial score (nSPS) is 17.8. The number of aryl methyl sites for hydroxylation is 3.